The fourth-order valence-corrected chi connectivity index (χ4v) is 9.52. The van der Waals surface area contributed by atoms with E-state index in [9.17, 15) is 0 Å². The number of hydrogen-bond donors (Lipinski definition) is 0. The molecule has 2 aliphatic rings. The highest BCUT2D eigenvalue weighted by atomic mass is 15.1. The lowest BCUT2D eigenvalue weighted by atomic mass is 9.70. The summed E-state index contributed by atoms with van der Waals surface area (Å²) in [5.74, 6) is 0. The second kappa shape index (κ2) is 12.0. The summed E-state index contributed by atoms with van der Waals surface area (Å²) in [6.07, 6.45) is 0. The summed E-state index contributed by atoms with van der Waals surface area (Å²) >= 11 is 0. The number of rotatable bonds is 5. The molecule has 0 heterocycles. The highest BCUT2D eigenvalue weighted by molar-refractivity contribution is 6.03. The summed E-state index contributed by atoms with van der Waals surface area (Å²) in [4.78, 5) is 2.50. The van der Waals surface area contributed by atoms with Crippen LogP contribution in [0.5, 0.6) is 0 Å². The standard InChI is InChI=1S/C53H35N/c1-2-16-37(17-3-1)42-21-9-13-30-50(42)54(39-34-32-38(33-35-39)41-25-14-19-36-18-4-5-20-40(36)41)51-31-15-29-49-52(51)45-24-8-12-28-48(45)53(49)46-26-10-6-22-43(46)44-23-7-11-27-47(44)53/h1-35H. The van der Waals surface area contributed by atoms with Crippen molar-refractivity contribution in [2.45, 2.75) is 5.41 Å². The van der Waals surface area contributed by atoms with Crippen molar-refractivity contribution < 1.29 is 0 Å². The topological polar surface area (TPSA) is 3.24 Å². The smallest absolute Gasteiger partial charge is 0.0726 e. The van der Waals surface area contributed by atoms with Crippen LogP contribution in [0.25, 0.3) is 55.3 Å². The van der Waals surface area contributed by atoms with Gasteiger partial charge in [0.15, 0.2) is 0 Å². The first-order valence-corrected chi connectivity index (χ1v) is 18.8. The minimum absolute atomic E-state index is 0.419. The zero-order chi connectivity index (χ0) is 35.6. The van der Waals surface area contributed by atoms with Gasteiger partial charge in [0.1, 0.15) is 0 Å². The zero-order valence-corrected chi connectivity index (χ0v) is 29.7. The van der Waals surface area contributed by atoms with E-state index in [1.807, 2.05) is 0 Å². The van der Waals surface area contributed by atoms with E-state index in [4.69, 9.17) is 0 Å². The van der Waals surface area contributed by atoms with Crippen LogP contribution in [-0.4, -0.2) is 0 Å². The summed E-state index contributed by atoms with van der Waals surface area (Å²) in [7, 11) is 0. The first-order chi connectivity index (χ1) is 26.8. The van der Waals surface area contributed by atoms with Gasteiger partial charge in [-0.15, -0.1) is 0 Å². The molecule has 2 aliphatic carbocycles. The van der Waals surface area contributed by atoms with E-state index >= 15 is 0 Å². The first-order valence-electron chi connectivity index (χ1n) is 18.8. The Labute approximate surface area is 316 Å². The van der Waals surface area contributed by atoms with Gasteiger partial charge in [0.25, 0.3) is 0 Å². The van der Waals surface area contributed by atoms with Crippen molar-refractivity contribution in [3.8, 4) is 44.5 Å². The fraction of sp³-hybridized carbons (Fsp3) is 0.0189. The second-order valence-electron chi connectivity index (χ2n) is 14.4. The molecule has 0 radical (unpaired) electrons. The molecule has 54 heavy (non-hydrogen) atoms. The molecule has 0 N–H and O–H groups in total. The Bertz CT molecular complexity index is 2830. The third-order valence-electron chi connectivity index (χ3n) is 11.7. The molecular weight excluding hydrogens is 651 g/mol. The number of benzene rings is 9. The van der Waals surface area contributed by atoms with Crippen LogP contribution in [0.4, 0.5) is 17.1 Å². The summed E-state index contributed by atoms with van der Waals surface area (Å²) in [5, 5.41) is 2.51. The Balaban J connectivity index is 1.19. The van der Waals surface area contributed by atoms with Crippen LogP contribution in [0.1, 0.15) is 22.3 Å². The third-order valence-corrected chi connectivity index (χ3v) is 11.7. The van der Waals surface area contributed by atoms with Crippen molar-refractivity contribution in [2.75, 3.05) is 4.90 Å². The highest BCUT2D eigenvalue weighted by Gasteiger charge is 2.52. The molecule has 9 aromatic carbocycles. The van der Waals surface area contributed by atoms with Gasteiger partial charge in [-0.25, -0.2) is 0 Å². The minimum Gasteiger partial charge on any atom is -0.309 e. The number of nitrogens with zero attached hydrogens (tertiary/aromatic N) is 1. The van der Waals surface area contributed by atoms with Crippen molar-refractivity contribution in [3.05, 3.63) is 235 Å². The van der Waals surface area contributed by atoms with E-state index in [-0.39, 0.29) is 0 Å². The molecule has 0 bridgehead atoms. The molecule has 252 valence electrons. The summed E-state index contributed by atoms with van der Waals surface area (Å²) in [6.45, 7) is 0. The second-order valence-corrected chi connectivity index (χ2v) is 14.4. The van der Waals surface area contributed by atoms with E-state index in [0.717, 1.165) is 11.4 Å². The van der Waals surface area contributed by atoms with Crippen molar-refractivity contribution >= 4 is 27.8 Å². The van der Waals surface area contributed by atoms with Gasteiger partial charge in [-0.2, -0.15) is 0 Å². The average Bonchev–Trinajstić information content (AvgIpc) is 3.72. The predicted molar refractivity (Wildman–Crippen MR) is 226 cm³/mol. The maximum atomic E-state index is 2.50. The number of para-hydroxylation sites is 1. The van der Waals surface area contributed by atoms with E-state index in [0.29, 0.717) is 0 Å². The van der Waals surface area contributed by atoms with Crippen LogP contribution < -0.4 is 4.90 Å². The molecule has 0 aromatic heterocycles. The molecule has 9 aromatic rings. The van der Waals surface area contributed by atoms with Crippen LogP contribution in [0.3, 0.4) is 0 Å². The van der Waals surface area contributed by atoms with Gasteiger partial charge >= 0.3 is 0 Å². The molecule has 0 fully saturated rings. The van der Waals surface area contributed by atoms with Crippen LogP contribution in [0, 0.1) is 0 Å². The van der Waals surface area contributed by atoms with E-state index < -0.39 is 5.41 Å². The molecule has 1 heteroatoms. The Morgan fingerprint density at radius 1 is 0.296 bits per heavy atom. The largest absolute Gasteiger partial charge is 0.309 e. The molecule has 11 rings (SSSR count). The Morgan fingerprint density at radius 3 is 1.52 bits per heavy atom. The van der Waals surface area contributed by atoms with Crippen molar-refractivity contribution in [2.24, 2.45) is 0 Å². The molecular formula is C53H35N. The molecule has 0 unspecified atom stereocenters. The maximum Gasteiger partial charge on any atom is 0.0726 e. The summed E-state index contributed by atoms with van der Waals surface area (Å²) < 4.78 is 0. The monoisotopic (exact) mass is 685 g/mol. The van der Waals surface area contributed by atoms with Gasteiger partial charge in [0.05, 0.1) is 16.8 Å². The quantitative estimate of drug-likeness (QED) is 0.174. The van der Waals surface area contributed by atoms with E-state index in [1.54, 1.807) is 0 Å². The van der Waals surface area contributed by atoms with Crippen molar-refractivity contribution in [1.29, 1.82) is 0 Å². The Hall–Kier alpha value is -6.96. The van der Waals surface area contributed by atoms with E-state index in [1.165, 1.54) is 83.2 Å². The summed E-state index contributed by atoms with van der Waals surface area (Å²) in [5.41, 5.74) is 18.4. The average molecular weight is 686 g/mol. The molecule has 0 saturated carbocycles. The first kappa shape index (κ1) is 30.6. The lowest BCUT2D eigenvalue weighted by Crippen LogP contribution is -2.26. The van der Waals surface area contributed by atoms with Gasteiger partial charge in [-0.05, 0) is 90.7 Å². The van der Waals surface area contributed by atoms with Gasteiger partial charge in [-0.1, -0.05) is 188 Å². The number of anilines is 3. The van der Waals surface area contributed by atoms with Gasteiger partial charge in [0.2, 0.25) is 0 Å². The van der Waals surface area contributed by atoms with Gasteiger partial charge in [0, 0.05) is 16.8 Å². The molecule has 1 spiro atoms. The fourth-order valence-electron chi connectivity index (χ4n) is 9.52. The van der Waals surface area contributed by atoms with Crippen LogP contribution in [0.2, 0.25) is 0 Å². The van der Waals surface area contributed by atoms with Crippen LogP contribution in [-0.2, 0) is 5.41 Å². The Kier molecular flexibility index (Phi) is 6.84. The minimum atomic E-state index is -0.419. The number of fused-ring (bicyclic) bond motifs is 11. The van der Waals surface area contributed by atoms with Crippen molar-refractivity contribution in [1.82, 2.24) is 0 Å². The van der Waals surface area contributed by atoms with Gasteiger partial charge in [-0.3, -0.25) is 0 Å². The lowest BCUT2D eigenvalue weighted by Gasteiger charge is -2.32. The molecule has 0 amide bonds. The zero-order valence-electron chi connectivity index (χ0n) is 29.7. The Morgan fingerprint density at radius 2 is 0.778 bits per heavy atom. The summed E-state index contributed by atoms with van der Waals surface area (Å²) in [6, 6.07) is 78.2. The molecule has 0 atom stereocenters. The number of hydrogen-bond acceptors (Lipinski definition) is 1. The third kappa shape index (κ3) is 4.33. The van der Waals surface area contributed by atoms with Crippen LogP contribution >= 0.6 is 0 Å². The maximum absolute atomic E-state index is 2.50. The predicted octanol–water partition coefficient (Wildman–Crippen LogP) is 14.0. The van der Waals surface area contributed by atoms with Crippen LogP contribution in [0.15, 0.2) is 212 Å². The van der Waals surface area contributed by atoms with Crippen molar-refractivity contribution in [3.63, 3.8) is 0 Å². The normalized spacial score (nSPS) is 13.0. The molecule has 1 nitrogen and oxygen atoms in total. The molecule has 0 saturated heterocycles. The molecule has 0 aliphatic heterocycles. The SMILES string of the molecule is c1ccc(-c2ccccc2N(c2ccc(-c3cccc4ccccc34)cc2)c2cccc3c2-c2ccccc2C32c3ccccc3-c3ccccc32)cc1. The van der Waals surface area contributed by atoms with Gasteiger partial charge < -0.3 is 4.90 Å². The highest BCUT2D eigenvalue weighted by Crippen LogP contribution is 2.64. The lowest BCUT2D eigenvalue weighted by molar-refractivity contribution is 0.794. The van der Waals surface area contributed by atoms with E-state index in [2.05, 4.69) is 217 Å².